The molecule has 0 fully saturated rings. The van der Waals surface area contributed by atoms with Crippen molar-refractivity contribution in [3.63, 3.8) is 0 Å². The molecular formula is C23H22NO6-. The molecule has 156 valence electrons. The number of hydrogen-bond acceptors (Lipinski definition) is 6. The summed E-state index contributed by atoms with van der Waals surface area (Å²) in [6.07, 6.45) is 0.638. The Hall–Kier alpha value is -3.61. The van der Waals surface area contributed by atoms with Crippen LogP contribution in [0.2, 0.25) is 0 Å². The predicted octanol–water partition coefficient (Wildman–Crippen LogP) is 2.12. The molecule has 1 aromatic heterocycles. The zero-order valence-corrected chi connectivity index (χ0v) is 16.7. The summed E-state index contributed by atoms with van der Waals surface area (Å²) in [5.74, 6) is -1.71. The van der Waals surface area contributed by atoms with E-state index in [-0.39, 0.29) is 0 Å². The smallest absolute Gasteiger partial charge is 0.336 e. The minimum absolute atomic E-state index is 0.326. The lowest BCUT2D eigenvalue weighted by atomic mass is 10.1. The second-order valence-electron chi connectivity index (χ2n) is 6.93. The monoisotopic (exact) mass is 408 g/mol. The molecule has 0 saturated heterocycles. The quantitative estimate of drug-likeness (QED) is 0.572. The summed E-state index contributed by atoms with van der Waals surface area (Å²) in [5, 5.41) is 14.7. The molecule has 1 N–H and O–H groups in total. The highest BCUT2D eigenvalue weighted by atomic mass is 16.5. The van der Waals surface area contributed by atoms with Crippen LogP contribution in [0.5, 0.6) is 5.75 Å². The fourth-order valence-electron chi connectivity index (χ4n) is 3.20. The van der Waals surface area contributed by atoms with Crippen molar-refractivity contribution in [1.82, 2.24) is 5.32 Å². The summed E-state index contributed by atoms with van der Waals surface area (Å²) in [5.41, 5.74) is 1.20. The van der Waals surface area contributed by atoms with Crippen molar-refractivity contribution in [2.45, 2.75) is 38.8 Å². The lowest BCUT2D eigenvalue weighted by molar-refractivity contribution is -0.308. The van der Waals surface area contributed by atoms with E-state index in [1.54, 1.807) is 48.5 Å². The Balaban J connectivity index is 1.77. The van der Waals surface area contributed by atoms with Gasteiger partial charge in [0.2, 0.25) is 0 Å². The van der Waals surface area contributed by atoms with Crippen LogP contribution < -0.4 is 20.8 Å². The zero-order chi connectivity index (χ0) is 21.7. The fourth-order valence-corrected chi connectivity index (χ4v) is 3.20. The van der Waals surface area contributed by atoms with Crippen LogP contribution in [-0.4, -0.2) is 18.0 Å². The summed E-state index contributed by atoms with van der Waals surface area (Å²) in [6.45, 7) is 3.52. The lowest BCUT2D eigenvalue weighted by Crippen LogP contribution is -2.45. The van der Waals surface area contributed by atoms with Gasteiger partial charge in [0, 0.05) is 17.5 Å². The van der Waals surface area contributed by atoms with E-state index in [1.807, 2.05) is 6.92 Å². The lowest BCUT2D eigenvalue weighted by Gasteiger charge is -2.22. The Morgan fingerprint density at radius 2 is 1.87 bits per heavy atom. The number of carboxylic acids is 1. The first-order valence-electron chi connectivity index (χ1n) is 9.68. The SMILES string of the molecule is CCCc1cc(=O)oc2cc(O[C@@H](C)C(=O)N[C@H](C(=O)[O-])c3ccccc3)ccc12. The molecule has 0 bridgehead atoms. The van der Waals surface area contributed by atoms with Gasteiger partial charge in [-0.2, -0.15) is 0 Å². The predicted molar refractivity (Wildman–Crippen MR) is 109 cm³/mol. The van der Waals surface area contributed by atoms with E-state index in [0.29, 0.717) is 16.9 Å². The van der Waals surface area contributed by atoms with Crippen molar-refractivity contribution in [2.75, 3.05) is 0 Å². The van der Waals surface area contributed by atoms with Gasteiger partial charge in [-0.25, -0.2) is 4.79 Å². The van der Waals surface area contributed by atoms with Gasteiger partial charge in [0.05, 0.1) is 12.0 Å². The third-order valence-electron chi connectivity index (χ3n) is 4.66. The molecule has 0 aliphatic rings. The van der Waals surface area contributed by atoms with Crippen molar-refractivity contribution in [1.29, 1.82) is 0 Å². The van der Waals surface area contributed by atoms with Gasteiger partial charge in [0.25, 0.3) is 5.91 Å². The molecule has 2 aromatic carbocycles. The van der Waals surface area contributed by atoms with E-state index < -0.39 is 29.6 Å². The summed E-state index contributed by atoms with van der Waals surface area (Å²) in [4.78, 5) is 35.8. The van der Waals surface area contributed by atoms with E-state index in [2.05, 4.69) is 5.32 Å². The number of amides is 1. The van der Waals surface area contributed by atoms with Gasteiger partial charge >= 0.3 is 5.63 Å². The highest BCUT2D eigenvalue weighted by Crippen LogP contribution is 2.24. The van der Waals surface area contributed by atoms with Crippen molar-refractivity contribution in [3.05, 3.63) is 76.1 Å². The van der Waals surface area contributed by atoms with Crippen LogP contribution in [-0.2, 0) is 16.0 Å². The number of carbonyl (C=O) groups excluding carboxylic acids is 2. The number of carboxylic acid groups (broad SMARTS) is 1. The maximum Gasteiger partial charge on any atom is 0.336 e. The Labute approximate surface area is 173 Å². The molecule has 0 spiro atoms. The minimum atomic E-state index is -1.42. The van der Waals surface area contributed by atoms with Crippen LogP contribution in [0.1, 0.15) is 37.4 Å². The van der Waals surface area contributed by atoms with Crippen molar-refractivity contribution in [3.8, 4) is 5.75 Å². The number of ether oxygens (including phenoxy) is 1. The molecule has 0 aliphatic heterocycles. The first kappa shape index (κ1) is 21.1. The number of aliphatic carboxylic acids is 1. The number of rotatable bonds is 8. The van der Waals surface area contributed by atoms with Crippen molar-refractivity contribution in [2.24, 2.45) is 0 Å². The van der Waals surface area contributed by atoms with Crippen molar-refractivity contribution < 1.29 is 23.8 Å². The van der Waals surface area contributed by atoms with Gasteiger partial charge in [-0.3, -0.25) is 4.79 Å². The van der Waals surface area contributed by atoms with E-state index in [4.69, 9.17) is 9.15 Å². The highest BCUT2D eigenvalue weighted by Gasteiger charge is 2.21. The maximum atomic E-state index is 12.5. The molecule has 1 heterocycles. The van der Waals surface area contributed by atoms with Gasteiger partial charge in [-0.05, 0) is 36.6 Å². The number of carbonyl (C=O) groups is 2. The van der Waals surface area contributed by atoms with E-state index >= 15 is 0 Å². The zero-order valence-electron chi connectivity index (χ0n) is 16.7. The first-order chi connectivity index (χ1) is 14.4. The molecule has 1 amide bonds. The largest absolute Gasteiger partial charge is 0.548 e. The Morgan fingerprint density at radius 3 is 2.53 bits per heavy atom. The second-order valence-corrected chi connectivity index (χ2v) is 6.93. The van der Waals surface area contributed by atoms with Crippen LogP contribution in [0.4, 0.5) is 0 Å². The Kier molecular flexibility index (Phi) is 6.51. The van der Waals surface area contributed by atoms with Gasteiger partial charge in [-0.15, -0.1) is 0 Å². The van der Waals surface area contributed by atoms with Gasteiger partial charge < -0.3 is 24.4 Å². The molecule has 0 aliphatic carbocycles. The topological polar surface area (TPSA) is 109 Å². The molecular weight excluding hydrogens is 386 g/mol. The number of fused-ring (bicyclic) bond motifs is 1. The van der Waals surface area contributed by atoms with Crippen molar-refractivity contribution >= 4 is 22.8 Å². The minimum Gasteiger partial charge on any atom is -0.548 e. The first-order valence-corrected chi connectivity index (χ1v) is 9.68. The summed E-state index contributed by atoms with van der Waals surface area (Å²) >= 11 is 0. The van der Waals surface area contributed by atoms with Crippen LogP contribution in [0.3, 0.4) is 0 Å². The third-order valence-corrected chi connectivity index (χ3v) is 4.66. The van der Waals surface area contributed by atoms with Gasteiger partial charge in [0.1, 0.15) is 11.3 Å². The van der Waals surface area contributed by atoms with Crippen LogP contribution >= 0.6 is 0 Å². The molecule has 0 unspecified atom stereocenters. The molecule has 3 aromatic rings. The highest BCUT2D eigenvalue weighted by molar-refractivity contribution is 5.86. The van der Waals surface area contributed by atoms with Gasteiger partial charge in [0.15, 0.2) is 6.10 Å². The molecule has 0 saturated carbocycles. The molecule has 0 radical (unpaired) electrons. The molecule has 30 heavy (non-hydrogen) atoms. The number of aryl methyl sites for hydroxylation is 1. The maximum absolute atomic E-state index is 12.5. The number of nitrogens with one attached hydrogen (secondary N) is 1. The van der Waals surface area contributed by atoms with Crippen LogP contribution in [0, 0.1) is 0 Å². The summed E-state index contributed by atoms with van der Waals surface area (Å²) in [6, 6.07) is 13.5. The molecule has 7 heteroatoms. The average molecular weight is 408 g/mol. The Morgan fingerprint density at radius 1 is 1.13 bits per heavy atom. The molecule has 7 nitrogen and oxygen atoms in total. The Bertz CT molecular complexity index is 1110. The molecule has 3 rings (SSSR count). The summed E-state index contributed by atoms with van der Waals surface area (Å²) < 4.78 is 10.9. The standard InChI is InChI=1S/C23H23NO6/c1-3-7-16-12-20(25)30-19-13-17(10-11-18(16)19)29-14(2)22(26)24-21(23(27)28)15-8-5-4-6-9-15/h4-6,8-14,21H,3,7H2,1-2H3,(H,24,26)(H,27,28)/p-1/t14-,21-/m0/s1. The third kappa shape index (κ3) is 4.86. The van der Waals surface area contributed by atoms with E-state index in [9.17, 15) is 19.5 Å². The summed E-state index contributed by atoms with van der Waals surface area (Å²) in [7, 11) is 0. The second kappa shape index (κ2) is 9.26. The molecule has 2 atom stereocenters. The van der Waals surface area contributed by atoms with E-state index in [0.717, 1.165) is 23.8 Å². The average Bonchev–Trinajstić information content (AvgIpc) is 2.72. The van der Waals surface area contributed by atoms with Crippen LogP contribution in [0.25, 0.3) is 11.0 Å². The fraction of sp³-hybridized carbons (Fsp3) is 0.261. The normalized spacial score (nSPS) is 12.9. The van der Waals surface area contributed by atoms with E-state index in [1.165, 1.54) is 13.0 Å². The number of benzene rings is 2. The number of hydrogen-bond donors (Lipinski definition) is 1. The van der Waals surface area contributed by atoms with Gasteiger partial charge in [-0.1, -0.05) is 43.7 Å². The van der Waals surface area contributed by atoms with Crippen LogP contribution in [0.15, 0.2) is 63.8 Å².